The molecule has 2 rings (SSSR count). The van der Waals surface area contributed by atoms with Crippen LogP contribution in [0.5, 0.6) is 0 Å². The topological polar surface area (TPSA) is 29.1 Å². The number of fused-ring (bicyclic) bond motifs is 1. The van der Waals surface area contributed by atoms with Gasteiger partial charge < -0.3 is 5.32 Å². The summed E-state index contributed by atoms with van der Waals surface area (Å²) in [6.45, 7) is 7.81. The van der Waals surface area contributed by atoms with Crippen LogP contribution in [-0.4, -0.2) is 5.91 Å². The molecule has 1 aromatic rings. The zero-order valence-electron chi connectivity index (χ0n) is 9.58. The Morgan fingerprint density at radius 2 is 2.19 bits per heavy atom. The summed E-state index contributed by atoms with van der Waals surface area (Å²) in [5, 5.41) is 2.82. The van der Waals surface area contributed by atoms with E-state index in [1.54, 1.807) is 0 Å². The molecular formula is C14H15NO. The lowest BCUT2D eigenvalue weighted by atomic mass is 9.87. The lowest BCUT2D eigenvalue weighted by molar-refractivity contribution is -0.121. The van der Waals surface area contributed by atoms with Gasteiger partial charge in [0.2, 0.25) is 5.91 Å². The third-order valence-corrected chi connectivity index (χ3v) is 2.91. The molecule has 1 aromatic carbocycles. The van der Waals surface area contributed by atoms with Crippen molar-refractivity contribution in [1.82, 2.24) is 5.32 Å². The lowest BCUT2D eigenvalue weighted by Gasteiger charge is -2.25. The van der Waals surface area contributed by atoms with E-state index in [0.717, 1.165) is 16.7 Å². The zero-order valence-corrected chi connectivity index (χ0v) is 9.58. The second kappa shape index (κ2) is 3.97. The minimum atomic E-state index is -0.106. The molecule has 0 saturated carbocycles. The summed E-state index contributed by atoms with van der Waals surface area (Å²) >= 11 is 0. The van der Waals surface area contributed by atoms with E-state index in [2.05, 4.69) is 11.9 Å². The number of allylic oxidation sites excluding steroid dienone is 1. The van der Waals surface area contributed by atoms with Crippen LogP contribution in [0, 0.1) is 0 Å². The highest BCUT2D eigenvalue weighted by Crippen LogP contribution is 2.32. The number of nitrogens with one attached hydrogen (secondary N) is 1. The van der Waals surface area contributed by atoms with Gasteiger partial charge in [0.15, 0.2) is 0 Å². The minimum absolute atomic E-state index is 0.0233. The molecule has 1 aliphatic heterocycles. The Labute approximate surface area is 95.7 Å². The van der Waals surface area contributed by atoms with Crippen molar-refractivity contribution in [2.24, 2.45) is 0 Å². The van der Waals surface area contributed by atoms with Gasteiger partial charge in [0.05, 0.1) is 5.92 Å². The van der Waals surface area contributed by atoms with Gasteiger partial charge in [-0.25, -0.2) is 0 Å². The van der Waals surface area contributed by atoms with E-state index in [-0.39, 0.29) is 11.8 Å². The van der Waals surface area contributed by atoms with Crippen LogP contribution < -0.4 is 5.32 Å². The van der Waals surface area contributed by atoms with Gasteiger partial charge in [0.1, 0.15) is 0 Å². The third kappa shape index (κ3) is 1.56. The standard InChI is InChI=1S/C14H15NO/c1-4-6-11-7-5-8-12-9(2)14(16)15-10(3)13(11)12/h4-9H,3H2,1-2H3,(H,15,16)/b6-4-. The van der Waals surface area contributed by atoms with E-state index >= 15 is 0 Å². The van der Waals surface area contributed by atoms with Gasteiger partial charge in [-0.2, -0.15) is 0 Å². The molecule has 2 nitrogen and oxygen atoms in total. The molecule has 1 atom stereocenters. The van der Waals surface area contributed by atoms with Gasteiger partial charge in [0.25, 0.3) is 0 Å². The fourth-order valence-electron chi connectivity index (χ4n) is 2.08. The van der Waals surface area contributed by atoms with Crippen molar-refractivity contribution >= 4 is 17.7 Å². The number of amides is 1. The number of carbonyl (C=O) groups excluding carboxylic acids is 1. The molecule has 82 valence electrons. The molecule has 0 aromatic heterocycles. The van der Waals surface area contributed by atoms with E-state index in [1.807, 2.05) is 44.2 Å². The molecule has 0 fully saturated rings. The maximum Gasteiger partial charge on any atom is 0.231 e. The Balaban J connectivity index is 2.65. The van der Waals surface area contributed by atoms with Crippen LogP contribution in [-0.2, 0) is 4.79 Å². The molecule has 0 saturated heterocycles. The van der Waals surface area contributed by atoms with E-state index in [9.17, 15) is 4.79 Å². The van der Waals surface area contributed by atoms with Gasteiger partial charge in [0, 0.05) is 11.3 Å². The van der Waals surface area contributed by atoms with E-state index in [1.165, 1.54) is 0 Å². The Kier molecular flexibility index (Phi) is 2.65. The van der Waals surface area contributed by atoms with Crippen LogP contribution in [0.1, 0.15) is 36.5 Å². The van der Waals surface area contributed by atoms with Crippen LogP contribution in [0.25, 0.3) is 11.8 Å². The minimum Gasteiger partial charge on any atom is -0.326 e. The molecule has 0 radical (unpaired) electrons. The highest BCUT2D eigenvalue weighted by molar-refractivity contribution is 5.97. The highest BCUT2D eigenvalue weighted by atomic mass is 16.1. The molecular weight excluding hydrogens is 198 g/mol. The number of rotatable bonds is 1. The maximum atomic E-state index is 11.6. The Hall–Kier alpha value is -1.83. The molecule has 1 unspecified atom stereocenters. The number of hydrogen-bond donors (Lipinski definition) is 1. The van der Waals surface area contributed by atoms with Crippen molar-refractivity contribution in [3.63, 3.8) is 0 Å². The molecule has 1 N–H and O–H groups in total. The van der Waals surface area contributed by atoms with Gasteiger partial charge in [-0.1, -0.05) is 36.9 Å². The van der Waals surface area contributed by atoms with Crippen molar-refractivity contribution in [1.29, 1.82) is 0 Å². The second-order valence-electron chi connectivity index (χ2n) is 4.00. The number of hydrogen-bond acceptors (Lipinski definition) is 1. The Morgan fingerprint density at radius 1 is 1.44 bits per heavy atom. The quantitative estimate of drug-likeness (QED) is 0.763. The summed E-state index contributed by atoms with van der Waals surface area (Å²) in [5.74, 6) is -0.0826. The average Bonchev–Trinajstić information content (AvgIpc) is 2.26. The van der Waals surface area contributed by atoms with Crippen LogP contribution >= 0.6 is 0 Å². The smallest absolute Gasteiger partial charge is 0.231 e. The summed E-state index contributed by atoms with van der Waals surface area (Å²) < 4.78 is 0. The van der Waals surface area contributed by atoms with Crippen molar-refractivity contribution in [3.8, 4) is 0 Å². The first-order valence-corrected chi connectivity index (χ1v) is 5.41. The average molecular weight is 213 g/mol. The lowest BCUT2D eigenvalue weighted by Crippen LogP contribution is -2.32. The fourth-order valence-corrected chi connectivity index (χ4v) is 2.08. The summed E-state index contributed by atoms with van der Waals surface area (Å²) in [7, 11) is 0. The van der Waals surface area contributed by atoms with Crippen LogP contribution in [0.2, 0.25) is 0 Å². The third-order valence-electron chi connectivity index (χ3n) is 2.91. The van der Waals surface area contributed by atoms with E-state index in [0.29, 0.717) is 5.70 Å². The molecule has 1 aliphatic rings. The largest absolute Gasteiger partial charge is 0.326 e. The normalized spacial score (nSPS) is 19.8. The molecule has 0 bridgehead atoms. The first kappa shape index (κ1) is 10.7. The van der Waals surface area contributed by atoms with Gasteiger partial charge >= 0.3 is 0 Å². The highest BCUT2D eigenvalue weighted by Gasteiger charge is 2.26. The predicted molar refractivity (Wildman–Crippen MR) is 66.7 cm³/mol. The molecule has 0 aliphatic carbocycles. The monoisotopic (exact) mass is 213 g/mol. The Bertz CT molecular complexity index is 486. The van der Waals surface area contributed by atoms with Crippen molar-refractivity contribution in [2.45, 2.75) is 19.8 Å². The zero-order chi connectivity index (χ0) is 11.7. The summed E-state index contributed by atoms with van der Waals surface area (Å²) in [6, 6.07) is 6.02. The summed E-state index contributed by atoms with van der Waals surface area (Å²) in [4.78, 5) is 11.6. The van der Waals surface area contributed by atoms with E-state index in [4.69, 9.17) is 0 Å². The van der Waals surface area contributed by atoms with Gasteiger partial charge in [-0.05, 0) is 25.0 Å². The van der Waals surface area contributed by atoms with Crippen molar-refractivity contribution in [3.05, 3.63) is 47.5 Å². The maximum absolute atomic E-state index is 11.6. The molecule has 1 amide bonds. The van der Waals surface area contributed by atoms with Crippen LogP contribution in [0.15, 0.2) is 30.9 Å². The van der Waals surface area contributed by atoms with Crippen molar-refractivity contribution < 1.29 is 4.79 Å². The molecule has 1 heterocycles. The van der Waals surface area contributed by atoms with Crippen LogP contribution in [0.3, 0.4) is 0 Å². The van der Waals surface area contributed by atoms with Crippen LogP contribution in [0.4, 0.5) is 0 Å². The first-order valence-electron chi connectivity index (χ1n) is 5.41. The predicted octanol–water partition coefficient (Wildman–Crippen LogP) is 2.92. The first-order chi connectivity index (χ1) is 7.65. The van der Waals surface area contributed by atoms with E-state index < -0.39 is 0 Å². The van der Waals surface area contributed by atoms with Crippen molar-refractivity contribution in [2.75, 3.05) is 0 Å². The molecule has 16 heavy (non-hydrogen) atoms. The Morgan fingerprint density at radius 3 is 2.88 bits per heavy atom. The van der Waals surface area contributed by atoms with Gasteiger partial charge in [-0.3, -0.25) is 4.79 Å². The number of benzene rings is 1. The second-order valence-corrected chi connectivity index (χ2v) is 4.00. The number of carbonyl (C=O) groups is 1. The molecule has 0 spiro atoms. The fraction of sp³-hybridized carbons (Fsp3) is 0.214. The SMILES string of the molecule is C=C1NC(=O)C(C)c2cccc(/C=C\C)c21. The summed E-state index contributed by atoms with van der Waals surface area (Å²) in [6.07, 6.45) is 4.03. The summed E-state index contributed by atoms with van der Waals surface area (Å²) in [5.41, 5.74) is 3.93. The molecule has 2 heteroatoms. The van der Waals surface area contributed by atoms with Gasteiger partial charge in [-0.15, -0.1) is 0 Å².